The number of pyridine rings is 1. The second-order valence-corrected chi connectivity index (χ2v) is 14.5. The van der Waals surface area contributed by atoms with Crippen LogP contribution in [0.5, 0.6) is 0 Å². The van der Waals surface area contributed by atoms with Crippen LogP contribution in [0, 0.1) is 6.92 Å². The van der Waals surface area contributed by atoms with Crippen LogP contribution in [0.1, 0.15) is 85.5 Å². The van der Waals surface area contributed by atoms with E-state index in [1.54, 1.807) is 31.4 Å². The van der Waals surface area contributed by atoms with Gasteiger partial charge in [0.2, 0.25) is 11.8 Å². The summed E-state index contributed by atoms with van der Waals surface area (Å²) in [6.45, 7) is 2.27. The number of hydrogen-bond acceptors (Lipinski definition) is 10. The number of amides is 6. The van der Waals surface area contributed by atoms with E-state index in [0.29, 0.717) is 48.3 Å². The van der Waals surface area contributed by atoms with Gasteiger partial charge in [0.1, 0.15) is 6.04 Å². The Morgan fingerprint density at radius 2 is 1.61 bits per heavy atom. The summed E-state index contributed by atoms with van der Waals surface area (Å²) < 4.78 is 0. The molecule has 14 nitrogen and oxygen atoms in total. The first kappa shape index (κ1) is 40.0. The summed E-state index contributed by atoms with van der Waals surface area (Å²) in [5.74, 6) is -2.93. The minimum Gasteiger partial charge on any atom is -0.377 e. The molecule has 14 heteroatoms. The van der Waals surface area contributed by atoms with Gasteiger partial charge in [-0.2, -0.15) is 0 Å². The van der Waals surface area contributed by atoms with Crippen LogP contribution < -0.4 is 26.6 Å². The van der Waals surface area contributed by atoms with E-state index < -0.39 is 29.7 Å². The maximum absolute atomic E-state index is 13.3. The van der Waals surface area contributed by atoms with E-state index >= 15 is 0 Å². The normalized spacial score (nSPS) is 14.8. The lowest BCUT2D eigenvalue weighted by Gasteiger charge is -2.27. The van der Waals surface area contributed by atoms with E-state index in [9.17, 15) is 33.6 Å². The van der Waals surface area contributed by atoms with Gasteiger partial charge >= 0.3 is 0 Å². The maximum atomic E-state index is 13.3. The first-order valence-electron chi connectivity index (χ1n) is 19.5. The van der Waals surface area contributed by atoms with Crippen molar-refractivity contribution < 1.29 is 33.6 Å². The van der Waals surface area contributed by atoms with Gasteiger partial charge < -0.3 is 21.3 Å². The molecule has 59 heavy (non-hydrogen) atoms. The third-order valence-corrected chi connectivity index (χ3v) is 10.5. The molecule has 4 aromatic carbocycles. The van der Waals surface area contributed by atoms with Crippen LogP contribution in [-0.4, -0.2) is 77.3 Å². The monoisotopic (exact) mass is 793 g/mol. The van der Waals surface area contributed by atoms with Gasteiger partial charge in [0.25, 0.3) is 23.6 Å². The van der Waals surface area contributed by atoms with Crippen molar-refractivity contribution >= 4 is 69.2 Å². The molecule has 0 spiro atoms. The fourth-order valence-corrected chi connectivity index (χ4v) is 7.44. The first-order valence-corrected chi connectivity index (χ1v) is 19.5. The Bertz CT molecular complexity index is 2520. The number of carbonyl (C=O) groups excluding carboxylic acids is 7. The van der Waals surface area contributed by atoms with E-state index in [4.69, 9.17) is 0 Å². The summed E-state index contributed by atoms with van der Waals surface area (Å²) in [4.78, 5) is 94.5. The van der Waals surface area contributed by atoms with Crippen LogP contribution in [-0.2, 0) is 14.4 Å². The van der Waals surface area contributed by atoms with Gasteiger partial charge in [-0.15, -0.1) is 0 Å². The number of carbonyl (C=O) groups is 7. The Labute approximate surface area is 340 Å². The molecule has 5 N–H and O–H groups in total. The molecule has 0 aliphatic carbocycles. The number of nitrogens with zero attached hydrogens (tertiary/aromatic N) is 2. The van der Waals surface area contributed by atoms with E-state index in [1.807, 2.05) is 67.6 Å². The number of rotatable bonds is 15. The van der Waals surface area contributed by atoms with Crippen LogP contribution in [0.25, 0.3) is 22.0 Å². The van der Waals surface area contributed by atoms with Crippen molar-refractivity contribution in [3.8, 4) is 11.1 Å². The van der Waals surface area contributed by atoms with Crippen molar-refractivity contribution in [3.05, 3.63) is 119 Å². The summed E-state index contributed by atoms with van der Waals surface area (Å²) >= 11 is 0. The van der Waals surface area contributed by atoms with Gasteiger partial charge in [-0.1, -0.05) is 48.9 Å². The molecule has 1 atom stereocenters. The number of nitrogens with one attached hydrogen (secondary N) is 5. The highest BCUT2D eigenvalue weighted by Crippen LogP contribution is 2.34. The van der Waals surface area contributed by atoms with Crippen LogP contribution in [0.2, 0.25) is 0 Å². The number of ketones is 1. The van der Waals surface area contributed by atoms with Crippen LogP contribution in [0.15, 0.2) is 91.1 Å². The van der Waals surface area contributed by atoms with Crippen molar-refractivity contribution in [2.45, 2.75) is 51.5 Å². The Morgan fingerprint density at radius 3 is 2.37 bits per heavy atom. The fourth-order valence-electron chi connectivity index (χ4n) is 7.44. The highest BCUT2D eigenvalue weighted by atomic mass is 16.2. The minimum atomic E-state index is -1.07. The molecule has 1 fully saturated rings. The Hall–Kier alpha value is -7.22. The quantitative estimate of drug-likeness (QED) is 0.0650. The average Bonchev–Trinajstić information content (AvgIpc) is 3.49. The molecule has 300 valence electrons. The molecule has 1 aromatic heterocycles. The van der Waals surface area contributed by atoms with Gasteiger partial charge in [0, 0.05) is 55.0 Å². The summed E-state index contributed by atoms with van der Waals surface area (Å²) in [5.41, 5.74) is 6.34. The van der Waals surface area contributed by atoms with E-state index in [-0.39, 0.29) is 54.5 Å². The molecule has 1 saturated heterocycles. The van der Waals surface area contributed by atoms with Crippen molar-refractivity contribution in [3.63, 3.8) is 0 Å². The zero-order valence-corrected chi connectivity index (χ0v) is 32.6. The fraction of sp³-hybridized carbons (Fsp3) is 0.244. The lowest BCUT2D eigenvalue weighted by molar-refractivity contribution is -0.136. The number of fused-ring (bicyclic) bond motifs is 2. The van der Waals surface area contributed by atoms with E-state index in [2.05, 4.69) is 31.6 Å². The van der Waals surface area contributed by atoms with Gasteiger partial charge in [0.05, 0.1) is 34.4 Å². The first-order chi connectivity index (χ1) is 28.5. The maximum Gasteiger partial charge on any atom is 0.264 e. The highest BCUT2D eigenvalue weighted by molar-refractivity contribution is 6.25. The van der Waals surface area contributed by atoms with Crippen molar-refractivity contribution in [2.75, 3.05) is 30.8 Å². The minimum absolute atomic E-state index is 0.0240. The number of hydrogen-bond donors (Lipinski definition) is 5. The molecular formula is C45H43N7O7. The summed E-state index contributed by atoms with van der Waals surface area (Å²) in [6, 6.07) is 24.8. The molecule has 2 aliphatic rings. The lowest BCUT2D eigenvalue weighted by Crippen LogP contribution is -2.54. The summed E-state index contributed by atoms with van der Waals surface area (Å²) in [6.07, 6.45) is 3.91. The number of unbranched alkanes of at least 4 members (excludes halogenated alkanes) is 2. The number of aromatic nitrogens is 1. The zero-order valence-electron chi connectivity index (χ0n) is 32.6. The molecule has 0 radical (unpaired) electrons. The van der Waals surface area contributed by atoms with Crippen molar-refractivity contribution in [1.82, 2.24) is 25.8 Å². The second-order valence-electron chi connectivity index (χ2n) is 14.5. The Morgan fingerprint density at radius 1 is 0.831 bits per heavy atom. The molecule has 7 rings (SSSR count). The largest absolute Gasteiger partial charge is 0.377 e. The SMILES string of the molecule is CNC(=O)c1cnc2ccc(-c3ccc(C(=O)NCCCCCC(=O)CNc4cccc5c4C(=O)N(C4CCC(=O)NC4=O)C5=O)c(C)c3)cc2c1Nc1ccccc1. The molecular weight excluding hydrogens is 751 g/mol. The van der Waals surface area contributed by atoms with Crippen LogP contribution in [0.3, 0.4) is 0 Å². The summed E-state index contributed by atoms with van der Waals surface area (Å²) in [7, 11) is 1.58. The molecule has 6 amide bonds. The molecule has 5 aromatic rings. The number of aryl methyl sites for hydroxylation is 1. The van der Waals surface area contributed by atoms with Crippen LogP contribution >= 0.6 is 0 Å². The van der Waals surface area contributed by atoms with Gasteiger partial charge in [0.15, 0.2) is 5.78 Å². The third-order valence-electron chi connectivity index (χ3n) is 10.5. The van der Waals surface area contributed by atoms with Gasteiger partial charge in [-0.05, 0) is 85.3 Å². The topological polar surface area (TPSA) is 196 Å². The second kappa shape index (κ2) is 17.5. The molecule has 2 aliphatic heterocycles. The highest BCUT2D eigenvalue weighted by Gasteiger charge is 2.45. The van der Waals surface area contributed by atoms with Crippen molar-refractivity contribution in [2.24, 2.45) is 0 Å². The Kier molecular flexibility index (Phi) is 11.9. The van der Waals surface area contributed by atoms with Gasteiger partial charge in [-0.3, -0.25) is 48.8 Å². The Balaban J connectivity index is 0.896. The number of benzene rings is 4. The predicted octanol–water partition coefficient (Wildman–Crippen LogP) is 5.69. The molecule has 1 unspecified atom stereocenters. The number of Topliss-reactive ketones (excluding diaryl/α,β-unsaturated/α-hetero) is 1. The average molecular weight is 794 g/mol. The smallest absolute Gasteiger partial charge is 0.264 e. The summed E-state index contributed by atoms with van der Waals surface area (Å²) in [5, 5.41) is 15.0. The third kappa shape index (κ3) is 8.56. The number of piperidine rings is 1. The zero-order chi connectivity index (χ0) is 41.6. The number of imide groups is 2. The van der Waals surface area contributed by atoms with Crippen molar-refractivity contribution in [1.29, 1.82) is 0 Å². The van der Waals surface area contributed by atoms with Crippen LogP contribution in [0.4, 0.5) is 17.1 Å². The van der Waals surface area contributed by atoms with E-state index in [0.717, 1.165) is 38.2 Å². The lowest BCUT2D eigenvalue weighted by atomic mass is 9.97. The predicted molar refractivity (Wildman–Crippen MR) is 222 cm³/mol. The molecule has 3 heterocycles. The number of anilines is 3. The molecule has 0 bridgehead atoms. The molecule has 0 saturated carbocycles. The van der Waals surface area contributed by atoms with E-state index in [1.165, 1.54) is 6.07 Å². The van der Waals surface area contributed by atoms with Gasteiger partial charge in [-0.25, -0.2) is 0 Å². The number of para-hydroxylation sites is 1. The standard InChI is InChI=1S/C45H43N7O7/c1-26-22-27(28-16-18-35-33(23-28)40(34(25-49-35)41(55)46-2)50-29-10-5-3-6-11-29)15-17-31(26)42(56)47-21-8-4-7-12-30(53)24-48-36-14-9-13-32-39(36)45(59)52(44(32)58)37-19-20-38(54)51-43(37)57/h3,5-6,9-11,13-18,22-23,25,37,48H,4,7-8,12,19-21,24H2,1-2H3,(H,46,55)(H,47,56)(H,49,50)(H,51,54,57).